The summed E-state index contributed by atoms with van der Waals surface area (Å²) in [6, 6.07) is 7.93. The van der Waals surface area contributed by atoms with Crippen LogP contribution in [0.15, 0.2) is 35.4 Å². The van der Waals surface area contributed by atoms with E-state index in [0.29, 0.717) is 38.5 Å². The Kier molecular flexibility index (Phi) is 8.11. The molecule has 10 heteroatoms. The van der Waals surface area contributed by atoms with Crippen molar-refractivity contribution in [3.05, 3.63) is 45.9 Å². The van der Waals surface area contributed by atoms with E-state index in [2.05, 4.69) is 15.8 Å². The number of amides is 2. The number of carbonyl (C=O) groups excluding carboxylic acids is 2. The second-order valence-corrected chi connectivity index (χ2v) is 6.42. The van der Waals surface area contributed by atoms with Crippen LogP contribution in [-0.4, -0.2) is 39.4 Å². The van der Waals surface area contributed by atoms with Crippen LogP contribution in [0.25, 0.3) is 0 Å². The zero-order valence-corrected chi connectivity index (χ0v) is 17.4. The van der Waals surface area contributed by atoms with Crippen molar-refractivity contribution in [3.63, 3.8) is 0 Å². The van der Waals surface area contributed by atoms with Gasteiger partial charge in [-0.05, 0) is 30.3 Å². The van der Waals surface area contributed by atoms with Gasteiger partial charge in [-0.2, -0.15) is 5.10 Å². The van der Waals surface area contributed by atoms with Gasteiger partial charge in [-0.25, -0.2) is 5.43 Å². The highest BCUT2D eigenvalue weighted by Crippen LogP contribution is 2.37. The van der Waals surface area contributed by atoms with Gasteiger partial charge in [0.1, 0.15) is 6.42 Å². The third-order valence-electron chi connectivity index (χ3n) is 3.61. The lowest BCUT2D eigenvalue weighted by Gasteiger charge is -2.12. The van der Waals surface area contributed by atoms with E-state index >= 15 is 0 Å². The van der Waals surface area contributed by atoms with Crippen LogP contribution in [0, 0.1) is 0 Å². The number of benzene rings is 2. The number of halogens is 2. The maximum atomic E-state index is 11.9. The Labute approximate surface area is 177 Å². The van der Waals surface area contributed by atoms with Crippen molar-refractivity contribution >= 4 is 46.9 Å². The molecule has 2 aromatic rings. The molecule has 0 aromatic heterocycles. The van der Waals surface area contributed by atoms with E-state index < -0.39 is 18.2 Å². The van der Waals surface area contributed by atoms with Crippen LogP contribution in [-0.2, 0) is 9.59 Å². The maximum absolute atomic E-state index is 11.9. The minimum Gasteiger partial charge on any atom is -0.493 e. The fraction of sp³-hybridized carbons (Fsp3) is 0.211. The number of hydrogen-bond acceptors (Lipinski definition) is 6. The number of nitrogens with one attached hydrogen (secondary N) is 2. The van der Waals surface area contributed by atoms with Gasteiger partial charge in [-0.15, -0.1) is 0 Å². The summed E-state index contributed by atoms with van der Waals surface area (Å²) in [6.45, 7) is 0. The van der Waals surface area contributed by atoms with Crippen molar-refractivity contribution in [1.82, 2.24) is 5.43 Å². The molecule has 8 nitrogen and oxygen atoms in total. The highest BCUT2D eigenvalue weighted by molar-refractivity contribution is 6.42. The minimum absolute atomic E-state index is 0.295. The lowest BCUT2D eigenvalue weighted by molar-refractivity contribution is -0.126. The molecule has 29 heavy (non-hydrogen) atoms. The van der Waals surface area contributed by atoms with Crippen LogP contribution < -0.4 is 25.0 Å². The van der Waals surface area contributed by atoms with E-state index in [1.807, 2.05) is 0 Å². The number of nitrogens with zero attached hydrogens (tertiary/aromatic N) is 1. The van der Waals surface area contributed by atoms with Crippen molar-refractivity contribution in [2.75, 3.05) is 26.6 Å². The molecule has 0 bridgehead atoms. The Balaban J connectivity index is 1.95. The predicted octanol–water partition coefficient (Wildman–Crippen LogP) is 3.50. The summed E-state index contributed by atoms with van der Waals surface area (Å²) < 4.78 is 15.7. The van der Waals surface area contributed by atoms with Crippen LogP contribution >= 0.6 is 23.2 Å². The monoisotopic (exact) mass is 439 g/mol. The Hall–Kier alpha value is -2.97. The molecule has 0 aliphatic heterocycles. The van der Waals surface area contributed by atoms with Gasteiger partial charge in [0.2, 0.25) is 17.6 Å². The topological polar surface area (TPSA) is 98.2 Å². The number of hydrogen-bond donors (Lipinski definition) is 2. The average molecular weight is 440 g/mol. The summed E-state index contributed by atoms with van der Waals surface area (Å²) in [5.41, 5.74) is 3.31. The zero-order chi connectivity index (χ0) is 21.4. The molecule has 2 amide bonds. The normalized spacial score (nSPS) is 10.5. The summed E-state index contributed by atoms with van der Waals surface area (Å²) >= 11 is 11.7. The summed E-state index contributed by atoms with van der Waals surface area (Å²) in [6.07, 6.45) is 0.964. The molecule has 2 N–H and O–H groups in total. The fourth-order valence-corrected chi connectivity index (χ4v) is 2.62. The van der Waals surface area contributed by atoms with Gasteiger partial charge in [-0.1, -0.05) is 23.2 Å². The van der Waals surface area contributed by atoms with Crippen molar-refractivity contribution in [3.8, 4) is 17.2 Å². The smallest absolute Gasteiger partial charge is 0.249 e. The first-order chi connectivity index (χ1) is 13.9. The van der Waals surface area contributed by atoms with Crippen LogP contribution in [0.5, 0.6) is 17.2 Å². The Bertz CT molecular complexity index is 909. The molecule has 0 atom stereocenters. The van der Waals surface area contributed by atoms with Crippen LogP contribution in [0.3, 0.4) is 0 Å². The standard InChI is InChI=1S/C19H19Cl2N3O5/c1-27-15-6-11(7-16(28-2)19(15)29-3)10-22-24-18(26)9-17(25)23-12-4-5-13(20)14(21)8-12/h4-8,10H,9H2,1-3H3,(H,23,25)(H,24,26)/b22-10-. The van der Waals surface area contributed by atoms with Gasteiger partial charge in [-0.3, -0.25) is 9.59 Å². The number of methoxy groups -OCH3 is 3. The van der Waals surface area contributed by atoms with Gasteiger partial charge in [0.15, 0.2) is 11.5 Å². The third kappa shape index (κ3) is 6.27. The molecule has 0 unspecified atom stereocenters. The molecular formula is C19H19Cl2N3O5. The second kappa shape index (κ2) is 10.5. The highest BCUT2D eigenvalue weighted by atomic mass is 35.5. The van der Waals surface area contributed by atoms with Crippen LogP contribution in [0.4, 0.5) is 5.69 Å². The molecule has 0 saturated heterocycles. The average Bonchev–Trinajstić information content (AvgIpc) is 2.69. The van der Waals surface area contributed by atoms with Gasteiger partial charge in [0.25, 0.3) is 0 Å². The highest BCUT2D eigenvalue weighted by Gasteiger charge is 2.13. The lowest BCUT2D eigenvalue weighted by atomic mass is 10.2. The van der Waals surface area contributed by atoms with Gasteiger partial charge in [0.05, 0.1) is 37.6 Å². The van der Waals surface area contributed by atoms with Gasteiger partial charge in [0, 0.05) is 11.3 Å². The number of hydrazone groups is 1. The molecule has 154 valence electrons. The molecule has 2 aromatic carbocycles. The quantitative estimate of drug-likeness (QED) is 0.372. The SMILES string of the molecule is COc1cc(/C=N\NC(=O)CC(=O)Nc2ccc(Cl)c(Cl)c2)cc(OC)c1OC. The van der Waals surface area contributed by atoms with Gasteiger partial charge < -0.3 is 19.5 Å². The van der Waals surface area contributed by atoms with Gasteiger partial charge >= 0.3 is 0 Å². The molecule has 0 aliphatic rings. The predicted molar refractivity (Wildman–Crippen MR) is 112 cm³/mol. The Morgan fingerprint density at radius 1 is 0.966 bits per heavy atom. The molecular weight excluding hydrogens is 421 g/mol. The fourth-order valence-electron chi connectivity index (χ4n) is 2.32. The third-order valence-corrected chi connectivity index (χ3v) is 4.35. The molecule has 2 rings (SSSR count). The van der Waals surface area contributed by atoms with E-state index in [0.717, 1.165) is 0 Å². The van der Waals surface area contributed by atoms with E-state index in [-0.39, 0.29) is 0 Å². The molecule has 0 fully saturated rings. The maximum Gasteiger partial charge on any atom is 0.249 e. The largest absolute Gasteiger partial charge is 0.493 e. The summed E-state index contributed by atoms with van der Waals surface area (Å²) in [5.74, 6) is 0.214. The number of carbonyl (C=O) groups is 2. The van der Waals surface area contributed by atoms with E-state index in [9.17, 15) is 9.59 Å². The summed E-state index contributed by atoms with van der Waals surface area (Å²) in [5, 5.41) is 7.05. The molecule has 0 saturated carbocycles. The first kappa shape index (κ1) is 22.3. The molecule has 0 aliphatic carbocycles. The Morgan fingerprint density at radius 2 is 1.62 bits per heavy atom. The van der Waals surface area contributed by atoms with E-state index in [4.69, 9.17) is 37.4 Å². The second-order valence-electron chi connectivity index (χ2n) is 5.61. The summed E-state index contributed by atoms with van der Waals surface area (Å²) in [7, 11) is 4.48. The van der Waals surface area contributed by atoms with Crippen molar-refractivity contribution in [1.29, 1.82) is 0 Å². The molecule has 0 radical (unpaired) electrons. The van der Waals surface area contributed by atoms with Crippen molar-refractivity contribution in [2.45, 2.75) is 6.42 Å². The number of ether oxygens (including phenoxy) is 3. The lowest BCUT2D eigenvalue weighted by Crippen LogP contribution is -2.24. The summed E-state index contributed by atoms with van der Waals surface area (Å²) in [4.78, 5) is 23.8. The van der Waals surface area contributed by atoms with E-state index in [1.165, 1.54) is 33.6 Å². The van der Waals surface area contributed by atoms with Crippen LogP contribution in [0.1, 0.15) is 12.0 Å². The molecule has 0 heterocycles. The first-order valence-electron chi connectivity index (χ1n) is 8.24. The zero-order valence-electron chi connectivity index (χ0n) is 15.9. The van der Waals surface area contributed by atoms with Crippen molar-refractivity contribution in [2.24, 2.45) is 5.10 Å². The molecule has 0 spiro atoms. The number of rotatable bonds is 8. The Morgan fingerprint density at radius 3 is 2.17 bits per heavy atom. The first-order valence-corrected chi connectivity index (χ1v) is 9.00. The van der Waals surface area contributed by atoms with E-state index in [1.54, 1.807) is 24.3 Å². The van der Waals surface area contributed by atoms with Crippen molar-refractivity contribution < 1.29 is 23.8 Å². The number of anilines is 1. The van der Waals surface area contributed by atoms with Crippen LogP contribution in [0.2, 0.25) is 10.0 Å². The minimum atomic E-state index is -0.591.